The molecule has 1 aromatic carbocycles. The van der Waals surface area contributed by atoms with Gasteiger partial charge in [0.15, 0.2) is 6.61 Å². The molecule has 0 aliphatic carbocycles. The second kappa shape index (κ2) is 9.52. The SMILES string of the molecule is CC(C)CNC(=O)COC(=O)c1ccc(S(=O)(=O)N2C[C@@H](C)C[C@H](C)C2)cc1. The van der Waals surface area contributed by atoms with Crippen molar-refractivity contribution < 1.29 is 22.7 Å². The molecule has 0 spiro atoms. The van der Waals surface area contributed by atoms with E-state index in [2.05, 4.69) is 19.2 Å². The Morgan fingerprint density at radius 2 is 1.71 bits per heavy atom. The highest BCUT2D eigenvalue weighted by molar-refractivity contribution is 7.89. The minimum atomic E-state index is -3.59. The van der Waals surface area contributed by atoms with Crippen molar-refractivity contribution in [2.45, 2.75) is 39.0 Å². The fourth-order valence-electron chi connectivity index (χ4n) is 3.30. The number of amides is 1. The maximum Gasteiger partial charge on any atom is 0.338 e. The predicted molar refractivity (Wildman–Crippen MR) is 106 cm³/mol. The fourth-order valence-corrected chi connectivity index (χ4v) is 4.98. The Balaban J connectivity index is 1.98. The Morgan fingerprint density at radius 1 is 1.14 bits per heavy atom. The van der Waals surface area contributed by atoms with Crippen molar-refractivity contribution in [3.8, 4) is 0 Å². The number of hydrogen-bond acceptors (Lipinski definition) is 5. The highest BCUT2D eigenvalue weighted by atomic mass is 32.2. The number of rotatable bonds is 7. The molecule has 8 heteroatoms. The summed E-state index contributed by atoms with van der Waals surface area (Å²) in [7, 11) is -3.59. The number of esters is 1. The molecule has 1 aliphatic rings. The van der Waals surface area contributed by atoms with Crippen LogP contribution in [0.15, 0.2) is 29.2 Å². The Labute approximate surface area is 167 Å². The van der Waals surface area contributed by atoms with Gasteiger partial charge in [-0.1, -0.05) is 27.7 Å². The van der Waals surface area contributed by atoms with Crippen LogP contribution in [0.5, 0.6) is 0 Å². The van der Waals surface area contributed by atoms with Gasteiger partial charge in [-0.05, 0) is 48.4 Å². The van der Waals surface area contributed by atoms with Gasteiger partial charge in [-0.3, -0.25) is 4.79 Å². The third kappa shape index (κ3) is 6.04. The molecule has 2 rings (SSSR count). The number of hydrogen-bond donors (Lipinski definition) is 1. The van der Waals surface area contributed by atoms with Crippen molar-refractivity contribution in [1.29, 1.82) is 0 Å². The predicted octanol–water partition coefficient (Wildman–Crippen LogP) is 2.28. The summed E-state index contributed by atoms with van der Waals surface area (Å²) in [4.78, 5) is 23.9. The third-order valence-corrected chi connectivity index (χ3v) is 6.45. The molecule has 0 saturated carbocycles. The van der Waals surface area contributed by atoms with Gasteiger partial charge in [0, 0.05) is 19.6 Å². The van der Waals surface area contributed by atoms with Gasteiger partial charge in [-0.15, -0.1) is 0 Å². The molecular formula is C20H30N2O5S. The summed E-state index contributed by atoms with van der Waals surface area (Å²) in [5.41, 5.74) is 0.205. The van der Waals surface area contributed by atoms with Crippen molar-refractivity contribution >= 4 is 21.9 Å². The normalized spacial score (nSPS) is 20.8. The van der Waals surface area contributed by atoms with Crippen molar-refractivity contribution in [3.63, 3.8) is 0 Å². The van der Waals surface area contributed by atoms with Crippen LogP contribution >= 0.6 is 0 Å². The lowest BCUT2D eigenvalue weighted by molar-refractivity contribution is -0.124. The van der Waals surface area contributed by atoms with Gasteiger partial charge >= 0.3 is 5.97 Å². The van der Waals surface area contributed by atoms with Crippen molar-refractivity contribution in [1.82, 2.24) is 9.62 Å². The number of sulfonamides is 1. The van der Waals surface area contributed by atoms with Gasteiger partial charge in [0.25, 0.3) is 5.91 Å². The number of carbonyl (C=O) groups is 2. The molecule has 1 aliphatic heterocycles. The van der Waals surface area contributed by atoms with Gasteiger partial charge < -0.3 is 10.1 Å². The zero-order valence-corrected chi connectivity index (χ0v) is 17.8. The maximum atomic E-state index is 12.9. The topological polar surface area (TPSA) is 92.8 Å². The lowest BCUT2D eigenvalue weighted by Gasteiger charge is -2.34. The summed E-state index contributed by atoms with van der Waals surface area (Å²) < 4.78 is 32.2. The van der Waals surface area contributed by atoms with E-state index < -0.39 is 16.0 Å². The van der Waals surface area contributed by atoms with Crippen molar-refractivity contribution in [2.24, 2.45) is 17.8 Å². The molecule has 1 aromatic rings. The number of piperidine rings is 1. The van der Waals surface area contributed by atoms with Crippen LogP contribution < -0.4 is 5.32 Å². The smallest absolute Gasteiger partial charge is 0.338 e. The highest BCUT2D eigenvalue weighted by Gasteiger charge is 2.31. The maximum absolute atomic E-state index is 12.9. The van der Waals surface area contributed by atoms with Gasteiger partial charge in [0.2, 0.25) is 10.0 Å². The van der Waals surface area contributed by atoms with Crippen LogP contribution in [0.3, 0.4) is 0 Å². The first-order valence-corrected chi connectivity index (χ1v) is 11.1. The molecule has 0 bridgehead atoms. The van der Waals surface area contributed by atoms with Crippen LogP contribution in [-0.4, -0.2) is 50.8 Å². The average Bonchev–Trinajstić information content (AvgIpc) is 2.63. The quantitative estimate of drug-likeness (QED) is 0.696. The standard InChI is InChI=1S/C20H30N2O5S/c1-14(2)10-21-19(23)13-27-20(24)17-5-7-18(8-6-17)28(25,26)22-11-15(3)9-16(4)12-22/h5-8,14-16H,9-13H2,1-4H3,(H,21,23)/t15-,16-/m0/s1. The van der Waals surface area contributed by atoms with E-state index in [0.29, 0.717) is 37.4 Å². The van der Waals surface area contributed by atoms with Crippen LogP contribution in [0, 0.1) is 17.8 Å². The lowest BCUT2D eigenvalue weighted by Crippen LogP contribution is -2.42. The molecule has 156 valence electrons. The largest absolute Gasteiger partial charge is 0.452 e. The molecule has 0 aromatic heterocycles. The molecule has 1 amide bonds. The van der Waals surface area contributed by atoms with Gasteiger partial charge in [-0.25, -0.2) is 13.2 Å². The van der Waals surface area contributed by atoms with Crippen molar-refractivity contribution in [3.05, 3.63) is 29.8 Å². The van der Waals surface area contributed by atoms with E-state index in [1.165, 1.54) is 28.6 Å². The van der Waals surface area contributed by atoms with E-state index in [1.54, 1.807) is 0 Å². The van der Waals surface area contributed by atoms with Gasteiger partial charge in [0.1, 0.15) is 0 Å². The lowest BCUT2D eigenvalue weighted by atomic mass is 9.94. The van der Waals surface area contributed by atoms with E-state index in [9.17, 15) is 18.0 Å². The van der Waals surface area contributed by atoms with Crippen molar-refractivity contribution in [2.75, 3.05) is 26.2 Å². The second-order valence-electron chi connectivity index (χ2n) is 8.07. The fraction of sp³-hybridized carbons (Fsp3) is 0.600. The zero-order chi connectivity index (χ0) is 20.9. The number of ether oxygens (including phenoxy) is 1. The Hall–Kier alpha value is -1.93. The van der Waals surface area contributed by atoms with Gasteiger partial charge in [-0.2, -0.15) is 4.31 Å². The second-order valence-corrected chi connectivity index (χ2v) is 10.0. The molecule has 0 unspecified atom stereocenters. The first-order chi connectivity index (χ1) is 13.1. The van der Waals surface area contributed by atoms with Crippen LogP contribution in [0.2, 0.25) is 0 Å². The molecule has 2 atom stereocenters. The Morgan fingerprint density at radius 3 is 2.25 bits per heavy atom. The number of nitrogens with one attached hydrogen (secondary N) is 1. The molecule has 1 N–H and O–H groups in total. The van der Waals surface area contributed by atoms with Crippen LogP contribution in [-0.2, 0) is 19.6 Å². The van der Waals surface area contributed by atoms with E-state index in [4.69, 9.17) is 4.74 Å². The number of benzene rings is 1. The molecular weight excluding hydrogens is 380 g/mol. The summed E-state index contributed by atoms with van der Waals surface area (Å²) >= 11 is 0. The summed E-state index contributed by atoms with van der Waals surface area (Å²) in [5.74, 6) is -0.0947. The Bertz CT molecular complexity index is 779. The van der Waals surface area contributed by atoms with E-state index in [0.717, 1.165) is 6.42 Å². The minimum absolute atomic E-state index is 0.153. The third-order valence-electron chi connectivity index (χ3n) is 4.60. The molecule has 7 nitrogen and oxygen atoms in total. The first-order valence-electron chi connectivity index (χ1n) is 9.63. The highest BCUT2D eigenvalue weighted by Crippen LogP contribution is 2.26. The van der Waals surface area contributed by atoms with E-state index >= 15 is 0 Å². The zero-order valence-electron chi connectivity index (χ0n) is 17.0. The first kappa shape index (κ1) is 22.4. The average molecular weight is 411 g/mol. The van der Waals surface area contributed by atoms with Gasteiger partial charge in [0.05, 0.1) is 10.5 Å². The van der Waals surface area contributed by atoms with Crippen LogP contribution in [0.1, 0.15) is 44.5 Å². The monoisotopic (exact) mass is 410 g/mol. The summed E-state index contributed by atoms with van der Waals surface area (Å²) in [6.07, 6.45) is 1.02. The summed E-state index contributed by atoms with van der Waals surface area (Å²) in [6.45, 7) is 9.18. The Kier molecular flexibility index (Phi) is 7.60. The van der Waals surface area contributed by atoms with E-state index in [-0.39, 0.29) is 23.0 Å². The number of nitrogens with zero attached hydrogens (tertiary/aromatic N) is 1. The van der Waals surface area contributed by atoms with E-state index in [1.807, 2.05) is 13.8 Å². The minimum Gasteiger partial charge on any atom is -0.452 e. The van der Waals surface area contributed by atoms with Crippen LogP contribution in [0.4, 0.5) is 0 Å². The number of carbonyl (C=O) groups excluding carboxylic acids is 2. The summed E-state index contributed by atoms with van der Waals surface area (Å²) in [5, 5.41) is 2.66. The molecule has 1 saturated heterocycles. The summed E-state index contributed by atoms with van der Waals surface area (Å²) in [6, 6.07) is 5.65. The molecule has 0 radical (unpaired) electrons. The molecule has 1 fully saturated rings. The molecule has 1 heterocycles. The van der Waals surface area contributed by atoms with Crippen LogP contribution in [0.25, 0.3) is 0 Å². The molecule has 28 heavy (non-hydrogen) atoms.